The minimum absolute atomic E-state index is 0.0948. The average molecular weight is 531 g/mol. The maximum Gasteiger partial charge on any atom is 0.407 e. The van der Waals surface area contributed by atoms with Crippen molar-refractivity contribution in [2.24, 2.45) is 23.2 Å². The summed E-state index contributed by atoms with van der Waals surface area (Å²) in [6.45, 7) is 7.26. The number of rotatable bonds is 10. The molecule has 3 atom stereocenters. The summed E-state index contributed by atoms with van der Waals surface area (Å²) in [6, 6.07) is 4.51. The molecule has 1 amide bonds. The molecule has 1 saturated carbocycles. The number of fused-ring (bicyclic) bond motifs is 3. The molecule has 1 aromatic carbocycles. The molecule has 4 rings (SSSR count). The number of carboxylic acid groups (broad SMARTS) is 1. The molecule has 1 saturated heterocycles. The van der Waals surface area contributed by atoms with E-state index in [0.717, 1.165) is 76.0 Å². The Kier molecular flexibility index (Phi) is 9.45. The van der Waals surface area contributed by atoms with Gasteiger partial charge in [-0.3, -0.25) is 9.69 Å². The fourth-order valence-corrected chi connectivity index (χ4v) is 7.11. The minimum atomic E-state index is -0.799. The largest absolute Gasteiger partial charge is 0.493 e. The number of carbonyl (C=O) groups excluding carboxylic acids is 1. The van der Waals surface area contributed by atoms with Gasteiger partial charge >= 0.3 is 12.1 Å². The molecule has 0 spiro atoms. The Labute approximate surface area is 227 Å². The second-order valence-corrected chi connectivity index (χ2v) is 12.1. The molecule has 1 aromatic rings. The van der Waals surface area contributed by atoms with E-state index < -0.39 is 12.1 Å². The number of benzene rings is 1. The van der Waals surface area contributed by atoms with E-state index in [-0.39, 0.29) is 23.8 Å². The van der Waals surface area contributed by atoms with Gasteiger partial charge in [0.2, 0.25) is 0 Å². The predicted molar refractivity (Wildman–Crippen MR) is 146 cm³/mol. The number of piperidine rings is 1. The minimum Gasteiger partial charge on any atom is -0.493 e. The van der Waals surface area contributed by atoms with E-state index in [1.165, 1.54) is 11.1 Å². The number of ether oxygens (including phenoxy) is 3. The van der Waals surface area contributed by atoms with Crippen molar-refractivity contribution in [2.75, 3.05) is 40.5 Å². The Morgan fingerprint density at radius 2 is 1.82 bits per heavy atom. The molecule has 0 aromatic heterocycles. The topological polar surface area (TPSA) is 97.3 Å². The Hall–Kier alpha value is -2.48. The molecule has 0 bridgehead atoms. The van der Waals surface area contributed by atoms with Crippen molar-refractivity contribution in [2.45, 2.75) is 77.7 Å². The number of amides is 1. The number of carbonyl (C=O) groups is 2. The van der Waals surface area contributed by atoms with E-state index in [9.17, 15) is 14.7 Å². The lowest BCUT2D eigenvalue weighted by Crippen LogP contribution is -2.48. The van der Waals surface area contributed by atoms with Crippen molar-refractivity contribution in [1.82, 2.24) is 10.2 Å². The highest BCUT2D eigenvalue weighted by molar-refractivity contribution is 5.69. The summed E-state index contributed by atoms with van der Waals surface area (Å²) in [4.78, 5) is 26.9. The van der Waals surface area contributed by atoms with E-state index in [4.69, 9.17) is 14.2 Å². The van der Waals surface area contributed by atoms with Gasteiger partial charge in [0, 0.05) is 25.7 Å². The third-order valence-corrected chi connectivity index (χ3v) is 9.03. The van der Waals surface area contributed by atoms with Gasteiger partial charge in [-0.05, 0) is 78.5 Å². The first kappa shape index (κ1) is 28.5. The van der Waals surface area contributed by atoms with Gasteiger partial charge in [-0.15, -0.1) is 0 Å². The first-order valence-corrected chi connectivity index (χ1v) is 14.3. The summed E-state index contributed by atoms with van der Waals surface area (Å²) < 4.78 is 17.0. The fraction of sp³-hybridized carbons (Fsp3) is 0.733. The predicted octanol–water partition coefficient (Wildman–Crippen LogP) is 5.44. The van der Waals surface area contributed by atoms with Crippen LogP contribution in [0, 0.1) is 23.2 Å². The van der Waals surface area contributed by atoms with Gasteiger partial charge in [0.1, 0.15) is 0 Å². The van der Waals surface area contributed by atoms with E-state index in [0.29, 0.717) is 25.0 Å². The van der Waals surface area contributed by atoms with Gasteiger partial charge in [-0.25, -0.2) is 4.79 Å². The lowest BCUT2D eigenvalue weighted by molar-refractivity contribution is -0.140. The van der Waals surface area contributed by atoms with Crippen molar-refractivity contribution in [3.63, 3.8) is 0 Å². The summed E-state index contributed by atoms with van der Waals surface area (Å²) >= 11 is 0. The number of alkyl carbamates (subject to hydrolysis) is 1. The molecule has 38 heavy (non-hydrogen) atoms. The van der Waals surface area contributed by atoms with Crippen molar-refractivity contribution in [3.8, 4) is 11.5 Å². The van der Waals surface area contributed by atoms with Crippen LogP contribution in [0.4, 0.5) is 4.79 Å². The van der Waals surface area contributed by atoms with Crippen LogP contribution >= 0.6 is 0 Å². The van der Waals surface area contributed by atoms with Crippen LogP contribution in [-0.4, -0.2) is 62.5 Å². The summed E-state index contributed by atoms with van der Waals surface area (Å²) in [6.07, 6.45) is 7.51. The zero-order valence-corrected chi connectivity index (χ0v) is 23.6. The second kappa shape index (κ2) is 12.6. The number of hydrogen-bond donors (Lipinski definition) is 2. The van der Waals surface area contributed by atoms with Crippen LogP contribution in [0.15, 0.2) is 12.1 Å². The Bertz CT molecular complexity index is 974. The molecular formula is C30H46N2O6. The normalized spacial score (nSPS) is 24.7. The van der Waals surface area contributed by atoms with Gasteiger partial charge < -0.3 is 24.6 Å². The molecule has 1 aliphatic carbocycles. The first-order valence-electron chi connectivity index (χ1n) is 14.3. The molecule has 3 aliphatic rings. The Morgan fingerprint density at radius 1 is 1.11 bits per heavy atom. The lowest BCUT2D eigenvalue weighted by atomic mass is 9.72. The van der Waals surface area contributed by atoms with E-state index in [1.54, 1.807) is 14.2 Å². The molecule has 8 nitrogen and oxygen atoms in total. The third-order valence-electron chi connectivity index (χ3n) is 9.03. The average Bonchev–Trinajstić information content (AvgIpc) is 2.89. The summed E-state index contributed by atoms with van der Waals surface area (Å²) in [5, 5.41) is 12.4. The highest BCUT2D eigenvalue weighted by Crippen LogP contribution is 2.45. The number of nitrogens with one attached hydrogen (secondary N) is 1. The molecule has 2 N–H and O–H groups in total. The number of carboxylic acids is 1. The number of methoxy groups -OCH3 is 2. The van der Waals surface area contributed by atoms with Crippen molar-refractivity contribution < 1.29 is 28.9 Å². The monoisotopic (exact) mass is 530 g/mol. The summed E-state index contributed by atoms with van der Waals surface area (Å²) in [5.41, 5.74) is 2.24. The lowest BCUT2D eigenvalue weighted by Gasteiger charge is -2.47. The first-order chi connectivity index (χ1) is 18.2. The maximum absolute atomic E-state index is 12.8. The standard InChI is InChI=1S/C30H46N2O6/c1-20(2)12-22-17-32-11-8-21-14-26(36-3)27(37-4)15-24(21)25(32)13-23(22)18-38-29(35)31-19-30(16-28(33)34)9-6-5-7-10-30/h14-15,20,22-23,25H,5-13,16-19H2,1-4H3,(H,31,35)(H,33,34)/t22-,23+,25-/m1/s1. The zero-order valence-electron chi connectivity index (χ0n) is 23.6. The number of hydrogen-bond acceptors (Lipinski definition) is 6. The molecule has 0 unspecified atom stereocenters. The van der Waals surface area contributed by atoms with E-state index >= 15 is 0 Å². The van der Waals surface area contributed by atoms with Gasteiger partial charge in [0.05, 0.1) is 27.2 Å². The number of aliphatic carboxylic acids is 1. The van der Waals surface area contributed by atoms with Gasteiger partial charge in [0.25, 0.3) is 0 Å². The molecule has 2 fully saturated rings. The molecule has 8 heteroatoms. The Balaban J connectivity index is 1.43. The van der Waals surface area contributed by atoms with E-state index in [2.05, 4.69) is 36.2 Å². The van der Waals surface area contributed by atoms with Crippen molar-refractivity contribution in [1.29, 1.82) is 0 Å². The highest BCUT2D eigenvalue weighted by Gasteiger charge is 2.40. The summed E-state index contributed by atoms with van der Waals surface area (Å²) in [7, 11) is 3.35. The molecule has 0 radical (unpaired) electrons. The smallest absolute Gasteiger partial charge is 0.407 e. The van der Waals surface area contributed by atoms with E-state index in [1.807, 2.05) is 0 Å². The zero-order chi connectivity index (χ0) is 27.3. The second-order valence-electron chi connectivity index (χ2n) is 12.1. The molecule has 2 aliphatic heterocycles. The van der Waals surface area contributed by atoms with Crippen LogP contribution in [0.3, 0.4) is 0 Å². The Morgan fingerprint density at radius 3 is 2.47 bits per heavy atom. The SMILES string of the molecule is COc1cc2c(cc1OC)[C@H]1C[C@@H](COC(=O)NCC3(CC(=O)O)CCCCC3)[C@H](CC(C)C)CN1CC2. The van der Waals surface area contributed by atoms with Gasteiger partial charge in [-0.2, -0.15) is 0 Å². The van der Waals surface area contributed by atoms with Gasteiger partial charge in [-0.1, -0.05) is 33.1 Å². The molecule has 2 heterocycles. The summed E-state index contributed by atoms with van der Waals surface area (Å²) in [5.74, 6) is 2.00. The third kappa shape index (κ3) is 6.74. The number of nitrogens with zero attached hydrogens (tertiary/aromatic N) is 1. The van der Waals surface area contributed by atoms with Crippen LogP contribution in [-0.2, 0) is 16.0 Å². The van der Waals surface area contributed by atoms with Crippen LogP contribution in [0.1, 0.15) is 82.4 Å². The van der Waals surface area contributed by atoms with Crippen LogP contribution in [0.2, 0.25) is 0 Å². The highest BCUT2D eigenvalue weighted by atomic mass is 16.5. The quantitative estimate of drug-likeness (QED) is 0.416. The molecular weight excluding hydrogens is 484 g/mol. The van der Waals surface area contributed by atoms with Crippen LogP contribution in [0.25, 0.3) is 0 Å². The fourth-order valence-electron chi connectivity index (χ4n) is 7.11. The van der Waals surface area contributed by atoms with Crippen molar-refractivity contribution >= 4 is 12.1 Å². The van der Waals surface area contributed by atoms with Crippen LogP contribution in [0.5, 0.6) is 11.5 Å². The van der Waals surface area contributed by atoms with Gasteiger partial charge in [0.15, 0.2) is 11.5 Å². The maximum atomic E-state index is 12.8. The van der Waals surface area contributed by atoms with Crippen molar-refractivity contribution in [3.05, 3.63) is 23.3 Å². The van der Waals surface area contributed by atoms with Crippen LogP contribution < -0.4 is 14.8 Å². The molecule has 212 valence electrons.